The van der Waals surface area contributed by atoms with E-state index in [1.54, 1.807) is 0 Å². The first-order valence-corrected chi connectivity index (χ1v) is 6.43. The minimum Gasteiger partial charge on any atom is -0.379 e. The Hall–Kier alpha value is -1.24. The minimum absolute atomic E-state index is 0.424. The lowest BCUT2D eigenvalue weighted by Crippen LogP contribution is -2.37. The summed E-state index contributed by atoms with van der Waals surface area (Å²) in [7, 11) is 0. The summed E-state index contributed by atoms with van der Waals surface area (Å²) in [5, 5.41) is 3.97. The maximum absolute atomic E-state index is 6.17. The van der Waals surface area contributed by atoms with Gasteiger partial charge >= 0.3 is 0 Å². The topological polar surface area (TPSA) is 74.2 Å². The number of hydrogen-bond acceptors (Lipinski definition) is 5. The maximum atomic E-state index is 6.17. The smallest absolute Gasteiger partial charge is 0.249 e. The van der Waals surface area contributed by atoms with E-state index >= 15 is 0 Å². The number of benzene rings is 1. The molecule has 2 heterocycles. The highest BCUT2D eigenvalue weighted by Gasteiger charge is 2.38. The molecule has 1 aliphatic rings. The standard InChI is InChI=1S/C12H12BrN3O2/c13-9-3-1-2-8(6-9)10-15-11(18-16-10)12(14)4-5-17-7-12/h1-3,6H,4-5,7,14H2. The fraction of sp³-hybridized carbons (Fsp3) is 0.333. The molecular formula is C12H12BrN3O2. The number of rotatable bonds is 2. The van der Waals surface area contributed by atoms with Crippen molar-refractivity contribution < 1.29 is 9.26 Å². The summed E-state index contributed by atoms with van der Waals surface area (Å²) in [5.74, 6) is 0.984. The van der Waals surface area contributed by atoms with Gasteiger partial charge in [-0.15, -0.1) is 0 Å². The van der Waals surface area contributed by atoms with E-state index in [2.05, 4.69) is 26.1 Å². The molecule has 6 heteroatoms. The molecule has 0 radical (unpaired) electrons. The van der Waals surface area contributed by atoms with Gasteiger partial charge in [0.15, 0.2) is 0 Å². The summed E-state index contributed by atoms with van der Waals surface area (Å²) in [6, 6.07) is 7.72. The lowest BCUT2D eigenvalue weighted by atomic mass is 10.0. The highest BCUT2D eigenvalue weighted by molar-refractivity contribution is 9.10. The van der Waals surface area contributed by atoms with Crippen LogP contribution < -0.4 is 5.73 Å². The van der Waals surface area contributed by atoms with E-state index in [0.717, 1.165) is 10.0 Å². The second-order valence-electron chi connectivity index (χ2n) is 4.39. The summed E-state index contributed by atoms with van der Waals surface area (Å²) in [6.45, 7) is 1.05. The molecular weight excluding hydrogens is 298 g/mol. The fourth-order valence-corrected chi connectivity index (χ4v) is 2.32. The van der Waals surface area contributed by atoms with Gasteiger partial charge in [-0.05, 0) is 18.6 Å². The van der Waals surface area contributed by atoms with Crippen LogP contribution in [0.15, 0.2) is 33.3 Å². The summed E-state index contributed by atoms with van der Waals surface area (Å²) >= 11 is 3.41. The molecule has 3 rings (SSSR count). The largest absolute Gasteiger partial charge is 0.379 e. The Labute approximate surface area is 112 Å². The second-order valence-corrected chi connectivity index (χ2v) is 5.31. The Kier molecular flexibility index (Phi) is 2.93. The van der Waals surface area contributed by atoms with Gasteiger partial charge in [0.1, 0.15) is 5.54 Å². The third kappa shape index (κ3) is 2.07. The van der Waals surface area contributed by atoms with Crippen LogP contribution in [0.4, 0.5) is 0 Å². The van der Waals surface area contributed by atoms with Crippen LogP contribution in [0.1, 0.15) is 12.3 Å². The molecule has 94 valence electrons. The molecule has 0 amide bonds. The van der Waals surface area contributed by atoms with Crippen LogP contribution in [0, 0.1) is 0 Å². The van der Waals surface area contributed by atoms with Crippen LogP contribution in [0.2, 0.25) is 0 Å². The van der Waals surface area contributed by atoms with Crippen molar-refractivity contribution in [3.05, 3.63) is 34.6 Å². The quantitative estimate of drug-likeness (QED) is 0.919. The predicted molar refractivity (Wildman–Crippen MR) is 68.7 cm³/mol. The minimum atomic E-state index is -0.642. The van der Waals surface area contributed by atoms with E-state index in [1.165, 1.54) is 0 Å². The summed E-state index contributed by atoms with van der Waals surface area (Å²) in [5.41, 5.74) is 6.42. The molecule has 0 bridgehead atoms. The SMILES string of the molecule is NC1(c2nc(-c3cccc(Br)c3)no2)CCOC1. The van der Waals surface area contributed by atoms with Crippen molar-refractivity contribution in [1.82, 2.24) is 10.1 Å². The third-order valence-electron chi connectivity index (χ3n) is 2.99. The third-order valence-corrected chi connectivity index (χ3v) is 3.48. The fourth-order valence-electron chi connectivity index (χ4n) is 1.92. The first kappa shape index (κ1) is 11.8. The monoisotopic (exact) mass is 309 g/mol. The van der Waals surface area contributed by atoms with Crippen molar-refractivity contribution >= 4 is 15.9 Å². The highest BCUT2D eigenvalue weighted by atomic mass is 79.9. The Morgan fingerprint density at radius 3 is 3.00 bits per heavy atom. The van der Waals surface area contributed by atoms with E-state index in [1.807, 2.05) is 24.3 Å². The van der Waals surface area contributed by atoms with Crippen LogP contribution in [0.5, 0.6) is 0 Å². The van der Waals surface area contributed by atoms with Crippen LogP contribution in [-0.4, -0.2) is 23.4 Å². The van der Waals surface area contributed by atoms with Crippen molar-refractivity contribution in [1.29, 1.82) is 0 Å². The first-order chi connectivity index (χ1) is 8.67. The molecule has 5 nitrogen and oxygen atoms in total. The molecule has 2 aromatic rings. The zero-order chi connectivity index (χ0) is 12.6. The Morgan fingerprint density at radius 2 is 2.28 bits per heavy atom. The first-order valence-electron chi connectivity index (χ1n) is 5.64. The van der Waals surface area contributed by atoms with Gasteiger partial charge in [0.05, 0.1) is 6.61 Å². The Balaban J connectivity index is 1.94. The number of nitrogens with zero attached hydrogens (tertiary/aromatic N) is 2. The average molecular weight is 310 g/mol. The van der Waals surface area contributed by atoms with Gasteiger partial charge in [0.25, 0.3) is 0 Å². The zero-order valence-electron chi connectivity index (χ0n) is 9.60. The number of halogens is 1. The van der Waals surface area contributed by atoms with E-state index in [-0.39, 0.29) is 0 Å². The van der Waals surface area contributed by atoms with Gasteiger partial charge in [-0.1, -0.05) is 33.2 Å². The molecule has 0 saturated carbocycles. The summed E-state index contributed by atoms with van der Waals surface area (Å²) < 4.78 is 11.5. The van der Waals surface area contributed by atoms with Gasteiger partial charge in [0, 0.05) is 16.6 Å². The summed E-state index contributed by atoms with van der Waals surface area (Å²) in [4.78, 5) is 4.37. The second kappa shape index (κ2) is 4.46. The predicted octanol–water partition coefficient (Wildman–Crippen LogP) is 2.07. The van der Waals surface area contributed by atoms with Crippen molar-refractivity contribution in [3.8, 4) is 11.4 Å². The molecule has 1 aliphatic heterocycles. The Morgan fingerprint density at radius 1 is 1.39 bits per heavy atom. The van der Waals surface area contributed by atoms with Crippen molar-refractivity contribution in [2.45, 2.75) is 12.0 Å². The van der Waals surface area contributed by atoms with E-state index < -0.39 is 5.54 Å². The van der Waals surface area contributed by atoms with Crippen LogP contribution in [0.25, 0.3) is 11.4 Å². The maximum Gasteiger partial charge on any atom is 0.249 e. The lowest BCUT2D eigenvalue weighted by molar-refractivity contribution is 0.166. The molecule has 2 N–H and O–H groups in total. The molecule has 1 atom stereocenters. The van der Waals surface area contributed by atoms with Crippen molar-refractivity contribution in [3.63, 3.8) is 0 Å². The molecule has 1 aromatic carbocycles. The van der Waals surface area contributed by atoms with Gasteiger partial charge in [-0.2, -0.15) is 4.98 Å². The number of ether oxygens (including phenoxy) is 1. The molecule has 1 fully saturated rings. The zero-order valence-corrected chi connectivity index (χ0v) is 11.2. The normalized spacial score (nSPS) is 23.4. The molecule has 1 saturated heterocycles. The lowest BCUT2D eigenvalue weighted by Gasteiger charge is -2.14. The van der Waals surface area contributed by atoms with E-state index in [4.69, 9.17) is 15.0 Å². The van der Waals surface area contributed by atoms with E-state index in [9.17, 15) is 0 Å². The Bertz CT molecular complexity index is 564. The molecule has 18 heavy (non-hydrogen) atoms. The molecule has 1 aromatic heterocycles. The van der Waals surface area contributed by atoms with Gasteiger partial charge < -0.3 is 15.0 Å². The van der Waals surface area contributed by atoms with Gasteiger partial charge in [0.2, 0.25) is 11.7 Å². The highest BCUT2D eigenvalue weighted by Crippen LogP contribution is 2.28. The van der Waals surface area contributed by atoms with E-state index in [0.29, 0.717) is 31.3 Å². The number of nitrogens with two attached hydrogens (primary N) is 1. The molecule has 0 aliphatic carbocycles. The van der Waals surface area contributed by atoms with Crippen molar-refractivity contribution in [2.24, 2.45) is 5.73 Å². The molecule has 0 spiro atoms. The van der Waals surface area contributed by atoms with Gasteiger partial charge in [-0.25, -0.2) is 0 Å². The van der Waals surface area contributed by atoms with Crippen LogP contribution in [-0.2, 0) is 10.3 Å². The average Bonchev–Trinajstić information content (AvgIpc) is 2.98. The number of hydrogen-bond donors (Lipinski definition) is 1. The van der Waals surface area contributed by atoms with Crippen molar-refractivity contribution in [2.75, 3.05) is 13.2 Å². The summed E-state index contributed by atoms with van der Waals surface area (Å²) in [6.07, 6.45) is 0.702. The van der Waals surface area contributed by atoms with Gasteiger partial charge in [-0.3, -0.25) is 0 Å². The van der Waals surface area contributed by atoms with Crippen LogP contribution >= 0.6 is 15.9 Å². The number of aromatic nitrogens is 2. The molecule has 1 unspecified atom stereocenters. The van der Waals surface area contributed by atoms with Crippen LogP contribution in [0.3, 0.4) is 0 Å².